The lowest BCUT2D eigenvalue weighted by molar-refractivity contribution is 0.601. The van der Waals surface area contributed by atoms with Crippen LogP contribution in [0.4, 0.5) is 4.39 Å². The predicted octanol–water partition coefficient (Wildman–Crippen LogP) is 5.81. The molecule has 0 amide bonds. The third kappa shape index (κ3) is 4.30. The summed E-state index contributed by atoms with van der Waals surface area (Å²) >= 11 is 0. The molecular formula is C24H27FN2. The van der Waals surface area contributed by atoms with Crippen LogP contribution in [0.3, 0.4) is 0 Å². The molecular weight excluding hydrogens is 335 g/mol. The summed E-state index contributed by atoms with van der Waals surface area (Å²) in [6.07, 6.45) is 10.9. The first-order chi connectivity index (χ1) is 13.3. The summed E-state index contributed by atoms with van der Waals surface area (Å²) < 4.78 is 16.2. The van der Waals surface area contributed by atoms with Crippen molar-refractivity contribution in [2.24, 2.45) is 0 Å². The highest BCUT2D eigenvalue weighted by atomic mass is 19.1. The van der Waals surface area contributed by atoms with E-state index in [0.29, 0.717) is 6.54 Å². The molecule has 0 aliphatic heterocycles. The quantitative estimate of drug-likeness (QED) is 0.415. The molecule has 3 heteroatoms. The van der Waals surface area contributed by atoms with Crippen molar-refractivity contribution in [3.8, 4) is 0 Å². The van der Waals surface area contributed by atoms with Gasteiger partial charge in [-0.25, -0.2) is 4.39 Å². The summed E-state index contributed by atoms with van der Waals surface area (Å²) in [6.45, 7) is 2.41. The third-order valence-electron chi connectivity index (χ3n) is 5.49. The number of halogens is 1. The highest BCUT2D eigenvalue weighted by Gasteiger charge is 2.10. The van der Waals surface area contributed by atoms with E-state index in [2.05, 4.69) is 40.4 Å². The van der Waals surface area contributed by atoms with Crippen LogP contribution in [-0.2, 0) is 13.1 Å². The van der Waals surface area contributed by atoms with Crippen LogP contribution >= 0.6 is 0 Å². The zero-order valence-electron chi connectivity index (χ0n) is 15.8. The maximum Gasteiger partial charge on any atom is 0.128 e. The number of nitrogens with one attached hydrogen (secondary N) is 1. The van der Waals surface area contributed by atoms with Crippen molar-refractivity contribution in [2.75, 3.05) is 6.54 Å². The van der Waals surface area contributed by atoms with E-state index in [4.69, 9.17) is 0 Å². The van der Waals surface area contributed by atoms with Crippen LogP contribution in [0, 0.1) is 5.82 Å². The summed E-state index contributed by atoms with van der Waals surface area (Å²) in [7, 11) is 0. The molecule has 0 unspecified atom stereocenters. The van der Waals surface area contributed by atoms with Crippen LogP contribution in [0.15, 0.2) is 66.4 Å². The number of rotatable bonds is 7. The number of allylic oxidation sites excluding steroid dienone is 1. The standard InChI is InChI=1S/C24H27FN2/c25-23-12-6-4-10-20(23)17-27-18-21(22-11-5-7-13-24(22)27)16-26-15-14-19-8-2-1-3-9-19/h4-8,10-13,18,26H,1-3,9,14-17H2. The summed E-state index contributed by atoms with van der Waals surface area (Å²) in [5, 5.41) is 4.85. The number of fused-ring (bicyclic) bond motifs is 1. The Hall–Kier alpha value is -2.39. The van der Waals surface area contributed by atoms with Gasteiger partial charge in [0.05, 0.1) is 6.54 Å². The Morgan fingerprint density at radius 3 is 2.67 bits per heavy atom. The molecule has 4 rings (SSSR count). The van der Waals surface area contributed by atoms with Gasteiger partial charge in [0.1, 0.15) is 5.82 Å². The lowest BCUT2D eigenvalue weighted by Gasteiger charge is -2.12. The van der Waals surface area contributed by atoms with Crippen LogP contribution in [-0.4, -0.2) is 11.1 Å². The maximum absolute atomic E-state index is 14.1. The fraction of sp³-hybridized carbons (Fsp3) is 0.333. The molecule has 1 aliphatic carbocycles. The molecule has 1 heterocycles. The van der Waals surface area contributed by atoms with Gasteiger partial charge in [-0.3, -0.25) is 0 Å². The van der Waals surface area contributed by atoms with E-state index in [1.807, 2.05) is 18.2 Å². The molecule has 0 spiro atoms. The molecule has 1 aromatic heterocycles. The van der Waals surface area contributed by atoms with Crippen molar-refractivity contribution in [1.82, 2.24) is 9.88 Å². The highest BCUT2D eigenvalue weighted by molar-refractivity contribution is 5.84. The summed E-state index contributed by atoms with van der Waals surface area (Å²) in [5.41, 5.74) is 4.77. The molecule has 0 bridgehead atoms. The van der Waals surface area contributed by atoms with E-state index >= 15 is 0 Å². The number of hydrogen-bond donors (Lipinski definition) is 1. The van der Waals surface area contributed by atoms with Gasteiger partial charge in [0, 0.05) is 29.2 Å². The van der Waals surface area contributed by atoms with Gasteiger partial charge in [0.15, 0.2) is 0 Å². The van der Waals surface area contributed by atoms with Crippen LogP contribution in [0.25, 0.3) is 10.9 Å². The molecule has 0 saturated heterocycles. The maximum atomic E-state index is 14.1. The second-order valence-electron chi connectivity index (χ2n) is 7.43. The summed E-state index contributed by atoms with van der Waals surface area (Å²) in [6, 6.07) is 15.4. The number of nitrogens with zero attached hydrogens (tertiary/aromatic N) is 1. The number of aromatic nitrogens is 1. The SMILES string of the molecule is Fc1ccccc1Cn1cc(CNCCC2=CCCCC2)c2ccccc21. The Balaban J connectivity index is 1.46. The van der Waals surface area contributed by atoms with E-state index in [9.17, 15) is 4.39 Å². The van der Waals surface area contributed by atoms with Gasteiger partial charge >= 0.3 is 0 Å². The molecule has 140 valence electrons. The molecule has 0 saturated carbocycles. The van der Waals surface area contributed by atoms with Gasteiger partial charge in [0.25, 0.3) is 0 Å². The van der Waals surface area contributed by atoms with Crippen molar-refractivity contribution in [2.45, 2.75) is 45.2 Å². The van der Waals surface area contributed by atoms with Crippen LogP contribution in [0.1, 0.15) is 43.2 Å². The largest absolute Gasteiger partial charge is 0.343 e. The van der Waals surface area contributed by atoms with Crippen molar-refractivity contribution in [3.05, 3.63) is 83.3 Å². The average Bonchev–Trinajstić information content (AvgIpc) is 3.06. The Morgan fingerprint density at radius 1 is 0.963 bits per heavy atom. The Morgan fingerprint density at radius 2 is 1.81 bits per heavy atom. The second kappa shape index (κ2) is 8.53. The first kappa shape index (κ1) is 18.0. The van der Waals surface area contributed by atoms with Gasteiger partial charge in [-0.05, 0) is 56.3 Å². The Bertz CT molecular complexity index is 938. The molecule has 27 heavy (non-hydrogen) atoms. The van der Waals surface area contributed by atoms with Crippen LogP contribution < -0.4 is 5.32 Å². The zero-order chi connectivity index (χ0) is 18.5. The molecule has 1 N–H and O–H groups in total. The number of hydrogen-bond acceptors (Lipinski definition) is 1. The first-order valence-corrected chi connectivity index (χ1v) is 10.00. The topological polar surface area (TPSA) is 17.0 Å². The van der Waals surface area contributed by atoms with Crippen molar-refractivity contribution in [3.63, 3.8) is 0 Å². The van der Waals surface area contributed by atoms with Gasteiger partial charge in [-0.2, -0.15) is 0 Å². The van der Waals surface area contributed by atoms with E-state index < -0.39 is 0 Å². The monoisotopic (exact) mass is 362 g/mol. The molecule has 0 fully saturated rings. The van der Waals surface area contributed by atoms with Gasteiger partial charge < -0.3 is 9.88 Å². The fourth-order valence-electron chi connectivity index (χ4n) is 4.01. The van der Waals surface area contributed by atoms with E-state index in [1.54, 1.807) is 11.6 Å². The number of benzene rings is 2. The zero-order valence-corrected chi connectivity index (χ0v) is 15.8. The summed E-state index contributed by atoms with van der Waals surface area (Å²) in [4.78, 5) is 0. The minimum Gasteiger partial charge on any atom is -0.343 e. The van der Waals surface area contributed by atoms with Crippen molar-refractivity contribution < 1.29 is 4.39 Å². The van der Waals surface area contributed by atoms with Crippen LogP contribution in [0.2, 0.25) is 0 Å². The second-order valence-corrected chi connectivity index (χ2v) is 7.43. The lowest BCUT2D eigenvalue weighted by Crippen LogP contribution is -2.15. The van der Waals surface area contributed by atoms with Gasteiger partial charge in [0.2, 0.25) is 0 Å². The van der Waals surface area contributed by atoms with Crippen molar-refractivity contribution in [1.29, 1.82) is 0 Å². The van der Waals surface area contributed by atoms with E-state index in [-0.39, 0.29) is 5.82 Å². The molecule has 0 atom stereocenters. The minimum absolute atomic E-state index is 0.143. The van der Waals surface area contributed by atoms with E-state index in [1.165, 1.54) is 42.7 Å². The third-order valence-corrected chi connectivity index (χ3v) is 5.49. The highest BCUT2D eigenvalue weighted by Crippen LogP contribution is 2.23. The Kier molecular flexibility index (Phi) is 5.69. The summed E-state index contributed by atoms with van der Waals surface area (Å²) in [5.74, 6) is -0.143. The molecule has 2 aromatic carbocycles. The Labute approximate surface area is 160 Å². The van der Waals surface area contributed by atoms with Crippen LogP contribution in [0.5, 0.6) is 0 Å². The normalized spacial score (nSPS) is 14.5. The van der Waals surface area contributed by atoms with Gasteiger partial charge in [-0.15, -0.1) is 0 Å². The smallest absolute Gasteiger partial charge is 0.128 e. The molecule has 2 nitrogen and oxygen atoms in total. The number of para-hydroxylation sites is 1. The first-order valence-electron chi connectivity index (χ1n) is 10.00. The van der Waals surface area contributed by atoms with Crippen molar-refractivity contribution >= 4 is 10.9 Å². The fourth-order valence-corrected chi connectivity index (χ4v) is 4.01. The average molecular weight is 362 g/mol. The minimum atomic E-state index is -0.143. The predicted molar refractivity (Wildman–Crippen MR) is 110 cm³/mol. The molecule has 0 radical (unpaired) electrons. The lowest BCUT2D eigenvalue weighted by atomic mass is 9.97. The van der Waals surface area contributed by atoms with Gasteiger partial charge in [-0.1, -0.05) is 48.0 Å². The molecule has 1 aliphatic rings. The molecule has 3 aromatic rings. The van der Waals surface area contributed by atoms with E-state index in [0.717, 1.165) is 30.6 Å².